The van der Waals surface area contributed by atoms with Crippen molar-refractivity contribution in [3.63, 3.8) is 0 Å². The van der Waals surface area contributed by atoms with Crippen LogP contribution in [-0.4, -0.2) is 18.0 Å². The van der Waals surface area contributed by atoms with E-state index in [0.29, 0.717) is 6.04 Å². The number of hydrogen-bond acceptors (Lipinski definition) is 1. The van der Waals surface area contributed by atoms with E-state index in [-0.39, 0.29) is 5.82 Å². The summed E-state index contributed by atoms with van der Waals surface area (Å²) in [6.45, 7) is 2.60. The summed E-state index contributed by atoms with van der Waals surface area (Å²) in [5.41, 5.74) is 4.71. The van der Waals surface area contributed by atoms with Crippen LogP contribution in [0.15, 0.2) is 42.5 Å². The topological polar surface area (TPSA) is 3.24 Å². The number of likely N-dealkylation sites (tertiary alicyclic amines) is 1. The lowest BCUT2D eigenvalue weighted by atomic mass is 10.0. The van der Waals surface area contributed by atoms with E-state index < -0.39 is 0 Å². The van der Waals surface area contributed by atoms with Crippen LogP contribution in [0, 0.1) is 29.5 Å². The number of halogens is 1. The molecule has 5 rings (SSSR count). The van der Waals surface area contributed by atoms with Crippen molar-refractivity contribution in [3.05, 3.63) is 70.5 Å². The van der Waals surface area contributed by atoms with Crippen LogP contribution >= 0.6 is 0 Å². The Morgan fingerprint density at radius 1 is 0.958 bits per heavy atom. The first-order valence-corrected chi connectivity index (χ1v) is 8.91. The quantitative estimate of drug-likeness (QED) is 0.714. The molecule has 24 heavy (non-hydrogen) atoms. The fourth-order valence-corrected chi connectivity index (χ4v) is 4.45. The molecule has 0 amide bonds. The molecule has 2 aliphatic carbocycles. The number of aryl methyl sites for hydroxylation is 1. The van der Waals surface area contributed by atoms with Gasteiger partial charge in [0, 0.05) is 30.3 Å². The molecule has 2 aromatic rings. The summed E-state index contributed by atoms with van der Waals surface area (Å²) in [7, 11) is 0. The third-order valence-corrected chi connectivity index (χ3v) is 5.81. The van der Waals surface area contributed by atoms with E-state index >= 15 is 0 Å². The average molecular weight is 317 g/mol. The fraction of sp³-hybridized carbons (Fsp3) is 0.364. The van der Waals surface area contributed by atoms with Gasteiger partial charge in [0.1, 0.15) is 5.82 Å². The van der Waals surface area contributed by atoms with Gasteiger partial charge in [0.15, 0.2) is 0 Å². The van der Waals surface area contributed by atoms with Gasteiger partial charge in [0.25, 0.3) is 0 Å². The van der Waals surface area contributed by atoms with E-state index in [4.69, 9.17) is 0 Å². The Kier molecular flexibility index (Phi) is 3.24. The first-order valence-electron chi connectivity index (χ1n) is 8.91. The zero-order valence-corrected chi connectivity index (χ0v) is 13.6. The summed E-state index contributed by atoms with van der Waals surface area (Å²) in [5.74, 6) is 8.00. The summed E-state index contributed by atoms with van der Waals surface area (Å²) in [6, 6.07) is 13.7. The Labute approximate surface area is 142 Å². The molecule has 1 saturated heterocycles. The molecule has 2 heteroatoms. The maximum absolute atomic E-state index is 13.2. The summed E-state index contributed by atoms with van der Waals surface area (Å²) >= 11 is 0. The third kappa shape index (κ3) is 2.54. The van der Waals surface area contributed by atoms with Gasteiger partial charge in [-0.3, -0.25) is 4.90 Å². The molecule has 1 aliphatic heterocycles. The van der Waals surface area contributed by atoms with Crippen LogP contribution in [0.2, 0.25) is 0 Å². The van der Waals surface area contributed by atoms with Gasteiger partial charge in [-0.05, 0) is 72.6 Å². The molecular weight excluding hydrogens is 297 g/mol. The van der Waals surface area contributed by atoms with Crippen molar-refractivity contribution >= 4 is 0 Å². The average Bonchev–Trinajstić information content (AvgIpc) is 3.02. The van der Waals surface area contributed by atoms with Crippen LogP contribution in [-0.2, 0) is 6.42 Å². The molecule has 0 aromatic heterocycles. The van der Waals surface area contributed by atoms with Crippen molar-refractivity contribution in [2.75, 3.05) is 13.1 Å². The normalized spacial score (nSPS) is 27.3. The van der Waals surface area contributed by atoms with E-state index in [2.05, 4.69) is 34.9 Å². The molecule has 1 heterocycles. The number of piperidine rings is 1. The summed E-state index contributed by atoms with van der Waals surface area (Å²) in [6.07, 6.45) is 3.86. The molecule has 0 N–H and O–H groups in total. The molecule has 1 saturated carbocycles. The minimum atomic E-state index is -0.234. The number of nitrogens with zero attached hydrogens (tertiary/aromatic N) is 1. The largest absolute Gasteiger partial charge is 0.296 e. The second-order valence-corrected chi connectivity index (χ2v) is 7.44. The highest BCUT2D eigenvalue weighted by atomic mass is 19.1. The van der Waals surface area contributed by atoms with E-state index in [1.807, 2.05) is 6.07 Å². The zero-order chi connectivity index (χ0) is 16.1. The molecule has 2 fully saturated rings. The molecular formula is C22H20FN. The minimum Gasteiger partial charge on any atom is -0.296 e. The first kappa shape index (κ1) is 14.3. The number of rotatable bonds is 1. The van der Waals surface area contributed by atoms with Crippen molar-refractivity contribution in [2.45, 2.75) is 25.3 Å². The van der Waals surface area contributed by atoms with Crippen molar-refractivity contribution in [1.82, 2.24) is 4.90 Å². The minimum absolute atomic E-state index is 0.234. The summed E-state index contributed by atoms with van der Waals surface area (Å²) < 4.78 is 13.2. The molecule has 3 aliphatic rings. The Balaban J connectivity index is 1.37. The molecule has 120 valence electrons. The number of fused-ring (bicyclic) bond motifs is 2. The van der Waals surface area contributed by atoms with E-state index in [1.54, 1.807) is 6.07 Å². The van der Waals surface area contributed by atoms with E-state index in [1.165, 1.54) is 49.2 Å². The third-order valence-electron chi connectivity index (χ3n) is 5.81. The zero-order valence-electron chi connectivity index (χ0n) is 13.6. The lowest BCUT2D eigenvalue weighted by Crippen LogP contribution is -2.26. The highest BCUT2D eigenvalue weighted by molar-refractivity contribution is 5.47. The maximum Gasteiger partial charge on any atom is 0.124 e. The van der Waals surface area contributed by atoms with Crippen LogP contribution < -0.4 is 0 Å². The monoisotopic (exact) mass is 317 g/mol. The maximum atomic E-state index is 13.2. The second kappa shape index (κ2) is 5.46. The van der Waals surface area contributed by atoms with Gasteiger partial charge in [-0.15, -0.1) is 0 Å². The summed E-state index contributed by atoms with van der Waals surface area (Å²) in [4.78, 5) is 2.70. The SMILES string of the molecule is Fc1cccc(C#Cc2ccc3c(c2)CCC3N2CC3CC3C2)c1. The van der Waals surface area contributed by atoms with Gasteiger partial charge < -0.3 is 0 Å². The summed E-state index contributed by atoms with van der Waals surface area (Å²) in [5, 5.41) is 0. The van der Waals surface area contributed by atoms with Crippen LogP contribution in [0.5, 0.6) is 0 Å². The molecule has 0 bridgehead atoms. The highest BCUT2D eigenvalue weighted by Gasteiger charge is 2.47. The molecule has 0 radical (unpaired) electrons. The Hall–Kier alpha value is -2.11. The Morgan fingerprint density at radius 2 is 1.75 bits per heavy atom. The van der Waals surface area contributed by atoms with Crippen molar-refractivity contribution < 1.29 is 4.39 Å². The van der Waals surface area contributed by atoms with E-state index in [9.17, 15) is 4.39 Å². The fourth-order valence-electron chi connectivity index (χ4n) is 4.45. The van der Waals surface area contributed by atoms with Crippen molar-refractivity contribution in [3.8, 4) is 11.8 Å². The van der Waals surface area contributed by atoms with Crippen LogP contribution in [0.25, 0.3) is 0 Å². The van der Waals surface area contributed by atoms with E-state index in [0.717, 1.165) is 29.4 Å². The number of benzene rings is 2. The number of hydrogen-bond donors (Lipinski definition) is 0. The predicted molar refractivity (Wildman–Crippen MR) is 93.1 cm³/mol. The van der Waals surface area contributed by atoms with Crippen molar-refractivity contribution in [2.24, 2.45) is 11.8 Å². The van der Waals surface area contributed by atoms with Gasteiger partial charge in [-0.2, -0.15) is 0 Å². The molecule has 3 atom stereocenters. The van der Waals surface area contributed by atoms with Crippen LogP contribution in [0.4, 0.5) is 4.39 Å². The van der Waals surface area contributed by atoms with Crippen LogP contribution in [0.1, 0.15) is 41.1 Å². The molecule has 1 nitrogen and oxygen atoms in total. The van der Waals surface area contributed by atoms with Gasteiger partial charge in [0.2, 0.25) is 0 Å². The standard InChI is InChI=1S/C22H20FN/c23-20-3-1-2-15(11-20)4-5-16-6-8-21-17(10-16)7-9-22(21)24-13-18-12-19(18)14-24/h1-3,6,8,10-11,18-19,22H,7,9,12-14H2. The smallest absolute Gasteiger partial charge is 0.124 e. The second-order valence-electron chi connectivity index (χ2n) is 7.44. The predicted octanol–water partition coefficient (Wildman–Crippen LogP) is 4.16. The Morgan fingerprint density at radius 3 is 2.54 bits per heavy atom. The Bertz CT molecular complexity index is 850. The lowest BCUT2D eigenvalue weighted by molar-refractivity contribution is 0.220. The highest BCUT2D eigenvalue weighted by Crippen LogP contribution is 2.49. The lowest BCUT2D eigenvalue weighted by Gasteiger charge is -2.26. The first-order chi connectivity index (χ1) is 11.8. The van der Waals surface area contributed by atoms with Gasteiger partial charge >= 0.3 is 0 Å². The van der Waals surface area contributed by atoms with Crippen molar-refractivity contribution in [1.29, 1.82) is 0 Å². The van der Waals surface area contributed by atoms with Gasteiger partial charge in [0.05, 0.1) is 0 Å². The molecule has 2 aromatic carbocycles. The molecule has 3 unspecified atom stereocenters. The van der Waals surface area contributed by atoms with Gasteiger partial charge in [-0.1, -0.05) is 24.0 Å². The van der Waals surface area contributed by atoms with Gasteiger partial charge in [-0.25, -0.2) is 4.39 Å². The van der Waals surface area contributed by atoms with Crippen LogP contribution in [0.3, 0.4) is 0 Å². The molecule has 0 spiro atoms.